The number of hydrogen-bond acceptors (Lipinski definition) is 2. The minimum Gasteiger partial charge on any atom is -0.314 e. The lowest BCUT2D eigenvalue weighted by molar-refractivity contribution is 0.0562. The Labute approximate surface area is 116 Å². The monoisotopic (exact) mass is 256 g/mol. The number of rotatable bonds is 2. The molecule has 1 unspecified atom stereocenters. The summed E-state index contributed by atoms with van der Waals surface area (Å²) >= 11 is 0. The van der Waals surface area contributed by atoms with Gasteiger partial charge in [-0.25, -0.2) is 0 Å². The molecule has 0 aromatic heterocycles. The van der Waals surface area contributed by atoms with Gasteiger partial charge >= 0.3 is 0 Å². The van der Waals surface area contributed by atoms with Crippen molar-refractivity contribution in [2.24, 2.45) is 0 Å². The highest BCUT2D eigenvalue weighted by Crippen LogP contribution is 2.41. The molecular formula is C17H24N2. The van der Waals surface area contributed by atoms with E-state index in [0.29, 0.717) is 5.54 Å². The van der Waals surface area contributed by atoms with Gasteiger partial charge in [-0.2, -0.15) is 0 Å². The Hall–Kier alpha value is -0.860. The molecule has 1 N–H and O–H groups in total. The Morgan fingerprint density at radius 1 is 1.21 bits per heavy atom. The number of nitrogens with zero attached hydrogens (tertiary/aromatic N) is 1. The quantitative estimate of drug-likeness (QED) is 0.875. The molecule has 2 nitrogen and oxygen atoms in total. The van der Waals surface area contributed by atoms with Crippen LogP contribution in [0.1, 0.15) is 42.7 Å². The second-order valence-electron chi connectivity index (χ2n) is 6.65. The Balaban J connectivity index is 1.50. The highest BCUT2D eigenvalue weighted by molar-refractivity contribution is 5.40. The van der Waals surface area contributed by atoms with E-state index in [1.54, 1.807) is 11.1 Å². The maximum absolute atomic E-state index is 3.63. The van der Waals surface area contributed by atoms with Crippen LogP contribution >= 0.6 is 0 Å². The molecule has 0 amide bonds. The highest BCUT2D eigenvalue weighted by atomic mass is 15.3. The molecule has 2 aliphatic carbocycles. The maximum Gasteiger partial charge on any atom is 0.0334 e. The van der Waals surface area contributed by atoms with Crippen LogP contribution in [0.5, 0.6) is 0 Å². The van der Waals surface area contributed by atoms with Crippen LogP contribution in [-0.4, -0.2) is 36.6 Å². The average Bonchev–Trinajstić information content (AvgIpc) is 2.87. The lowest BCUT2D eigenvalue weighted by atomic mass is 9.76. The third-order valence-electron chi connectivity index (χ3n) is 5.62. The summed E-state index contributed by atoms with van der Waals surface area (Å²) in [7, 11) is 0. The van der Waals surface area contributed by atoms with Gasteiger partial charge in [-0.1, -0.05) is 37.1 Å². The molecule has 3 aliphatic rings. The zero-order valence-corrected chi connectivity index (χ0v) is 11.7. The summed E-state index contributed by atoms with van der Waals surface area (Å²) < 4.78 is 0. The molecule has 0 radical (unpaired) electrons. The summed E-state index contributed by atoms with van der Waals surface area (Å²) in [5.41, 5.74) is 3.71. The highest BCUT2D eigenvalue weighted by Gasteiger charge is 2.42. The van der Waals surface area contributed by atoms with Gasteiger partial charge in [0.25, 0.3) is 0 Å². The molecule has 1 saturated carbocycles. The fourth-order valence-electron chi connectivity index (χ4n) is 4.49. The number of piperazine rings is 1. The fourth-order valence-corrected chi connectivity index (χ4v) is 4.49. The van der Waals surface area contributed by atoms with Crippen molar-refractivity contribution in [3.05, 3.63) is 35.4 Å². The molecule has 19 heavy (non-hydrogen) atoms. The van der Waals surface area contributed by atoms with E-state index in [0.717, 1.165) is 5.92 Å². The van der Waals surface area contributed by atoms with Gasteiger partial charge in [-0.05, 0) is 30.4 Å². The summed E-state index contributed by atoms with van der Waals surface area (Å²) in [6.45, 7) is 4.94. The Morgan fingerprint density at radius 3 is 2.89 bits per heavy atom. The Bertz CT molecular complexity index is 462. The summed E-state index contributed by atoms with van der Waals surface area (Å²) in [5, 5.41) is 3.63. The van der Waals surface area contributed by atoms with E-state index in [2.05, 4.69) is 34.5 Å². The Kier molecular flexibility index (Phi) is 2.89. The molecule has 1 heterocycles. The van der Waals surface area contributed by atoms with Gasteiger partial charge in [0.1, 0.15) is 0 Å². The van der Waals surface area contributed by atoms with Gasteiger partial charge in [0.05, 0.1) is 0 Å². The van der Waals surface area contributed by atoms with Gasteiger partial charge in [0, 0.05) is 37.6 Å². The third-order valence-corrected chi connectivity index (χ3v) is 5.62. The first-order chi connectivity index (χ1) is 9.37. The molecule has 1 saturated heterocycles. The van der Waals surface area contributed by atoms with Crippen LogP contribution < -0.4 is 5.32 Å². The molecule has 4 rings (SSSR count). The third kappa shape index (κ3) is 1.93. The molecule has 1 aromatic rings. The van der Waals surface area contributed by atoms with Crippen LogP contribution in [0.25, 0.3) is 0 Å². The number of fused-ring (bicyclic) bond motifs is 1. The predicted molar refractivity (Wildman–Crippen MR) is 78.5 cm³/mol. The minimum atomic E-state index is 0.503. The second-order valence-corrected chi connectivity index (χ2v) is 6.65. The first-order valence-corrected chi connectivity index (χ1v) is 7.91. The largest absolute Gasteiger partial charge is 0.314 e. The van der Waals surface area contributed by atoms with Crippen molar-refractivity contribution in [1.29, 1.82) is 0 Å². The van der Waals surface area contributed by atoms with Crippen molar-refractivity contribution in [2.75, 3.05) is 26.2 Å². The standard InChI is InChI=1S/C17H24N2/c1-2-6-16-14(5-1)11-15(16)12-19-10-9-18-13-17(19)7-3-4-8-17/h1-2,5-6,15,18H,3-4,7-13H2. The van der Waals surface area contributed by atoms with E-state index in [1.165, 1.54) is 58.3 Å². The molecule has 1 aliphatic heterocycles. The van der Waals surface area contributed by atoms with Crippen LogP contribution in [-0.2, 0) is 6.42 Å². The molecule has 1 atom stereocenters. The van der Waals surface area contributed by atoms with Gasteiger partial charge in [0.2, 0.25) is 0 Å². The first kappa shape index (κ1) is 11.9. The van der Waals surface area contributed by atoms with Crippen LogP contribution in [0.4, 0.5) is 0 Å². The van der Waals surface area contributed by atoms with Gasteiger partial charge in [-0.3, -0.25) is 4.90 Å². The smallest absolute Gasteiger partial charge is 0.0334 e. The lowest BCUT2D eigenvalue weighted by Gasteiger charge is -2.48. The molecular weight excluding hydrogens is 232 g/mol. The molecule has 1 spiro atoms. The summed E-state index contributed by atoms with van der Waals surface area (Å²) in [5.74, 6) is 0.798. The number of hydrogen-bond donors (Lipinski definition) is 1. The van der Waals surface area contributed by atoms with Crippen molar-refractivity contribution in [3.63, 3.8) is 0 Å². The molecule has 0 bridgehead atoms. The summed E-state index contributed by atoms with van der Waals surface area (Å²) in [6.07, 6.45) is 6.98. The molecule has 2 heteroatoms. The van der Waals surface area contributed by atoms with Crippen LogP contribution in [0.2, 0.25) is 0 Å². The topological polar surface area (TPSA) is 15.3 Å². The van der Waals surface area contributed by atoms with Crippen LogP contribution in [0.3, 0.4) is 0 Å². The van der Waals surface area contributed by atoms with Gasteiger partial charge < -0.3 is 5.32 Å². The van der Waals surface area contributed by atoms with E-state index >= 15 is 0 Å². The lowest BCUT2D eigenvalue weighted by Crippen LogP contribution is -2.61. The minimum absolute atomic E-state index is 0.503. The van der Waals surface area contributed by atoms with Crippen molar-refractivity contribution in [3.8, 4) is 0 Å². The van der Waals surface area contributed by atoms with E-state index in [1.807, 2.05) is 0 Å². The van der Waals surface area contributed by atoms with E-state index in [9.17, 15) is 0 Å². The van der Waals surface area contributed by atoms with Crippen LogP contribution in [0, 0.1) is 0 Å². The van der Waals surface area contributed by atoms with E-state index in [-0.39, 0.29) is 0 Å². The molecule has 2 fully saturated rings. The normalized spacial score (nSPS) is 29.2. The average molecular weight is 256 g/mol. The van der Waals surface area contributed by atoms with Crippen molar-refractivity contribution in [1.82, 2.24) is 10.2 Å². The fraction of sp³-hybridized carbons (Fsp3) is 0.647. The van der Waals surface area contributed by atoms with Crippen LogP contribution in [0.15, 0.2) is 24.3 Å². The summed E-state index contributed by atoms with van der Waals surface area (Å²) in [6, 6.07) is 9.02. The molecule has 1 aromatic carbocycles. The van der Waals surface area contributed by atoms with Crippen molar-refractivity contribution >= 4 is 0 Å². The maximum atomic E-state index is 3.63. The van der Waals surface area contributed by atoms with Gasteiger partial charge in [0.15, 0.2) is 0 Å². The molecule has 102 valence electrons. The van der Waals surface area contributed by atoms with E-state index < -0.39 is 0 Å². The van der Waals surface area contributed by atoms with Gasteiger partial charge in [-0.15, -0.1) is 0 Å². The summed E-state index contributed by atoms with van der Waals surface area (Å²) in [4.78, 5) is 2.83. The number of nitrogens with one attached hydrogen (secondary N) is 1. The van der Waals surface area contributed by atoms with Crippen molar-refractivity contribution in [2.45, 2.75) is 43.6 Å². The van der Waals surface area contributed by atoms with Crippen molar-refractivity contribution < 1.29 is 0 Å². The van der Waals surface area contributed by atoms with E-state index in [4.69, 9.17) is 0 Å². The zero-order chi connectivity index (χ0) is 12.7. The Morgan fingerprint density at radius 2 is 2.05 bits per heavy atom. The first-order valence-electron chi connectivity index (χ1n) is 7.91. The second kappa shape index (κ2) is 4.60. The number of benzene rings is 1. The SMILES string of the molecule is c1ccc2c(c1)CC2CN1CCNCC12CCCC2. The predicted octanol–water partition coefficient (Wildman–Crippen LogP) is 2.54. The zero-order valence-electron chi connectivity index (χ0n) is 11.7.